The standard InChI is InChI=1S/C43H25N3O2/c1-2-11-27(12-3-1)41-44-42(46-43(45-41)33-16-9-19-38-40(33)32-14-6-7-17-35(32)47-38)30-22-23-36-34(25-30)39-31(15-8-18-37(39)48-36)29-21-20-26-10-4-5-13-28(26)24-29/h1-25H. The molecule has 0 aliphatic carbocycles. The number of hydrogen-bond acceptors (Lipinski definition) is 5. The van der Waals surface area contributed by atoms with Gasteiger partial charge in [0.1, 0.15) is 22.3 Å². The van der Waals surface area contributed by atoms with Gasteiger partial charge < -0.3 is 8.83 Å². The molecule has 48 heavy (non-hydrogen) atoms. The van der Waals surface area contributed by atoms with Gasteiger partial charge in [0.25, 0.3) is 0 Å². The number of nitrogens with zero attached hydrogens (tertiary/aromatic N) is 3. The summed E-state index contributed by atoms with van der Waals surface area (Å²) in [5.74, 6) is 1.78. The Kier molecular flexibility index (Phi) is 5.81. The van der Waals surface area contributed by atoms with E-state index in [1.807, 2.05) is 78.9 Å². The second-order valence-corrected chi connectivity index (χ2v) is 12.0. The monoisotopic (exact) mass is 615 g/mol. The molecule has 0 amide bonds. The van der Waals surface area contributed by atoms with Gasteiger partial charge in [-0.15, -0.1) is 0 Å². The number of hydrogen-bond donors (Lipinski definition) is 0. The fourth-order valence-electron chi connectivity index (χ4n) is 6.87. The number of para-hydroxylation sites is 1. The van der Waals surface area contributed by atoms with Crippen molar-refractivity contribution in [2.24, 2.45) is 0 Å². The summed E-state index contributed by atoms with van der Waals surface area (Å²) >= 11 is 0. The van der Waals surface area contributed by atoms with E-state index in [4.69, 9.17) is 23.8 Å². The van der Waals surface area contributed by atoms with E-state index in [1.165, 1.54) is 10.8 Å². The molecule has 5 heteroatoms. The molecular weight excluding hydrogens is 590 g/mol. The van der Waals surface area contributed by atoms with Crippen molar-refractivity contribution >= 4 is 54.6 Å². The molecule has 0 radical (unpaired) electrons. The van der Waals surface area contributed by atoms with Crippen LogP contribution < -0.4 is 0 Å². The quantitative estimate of drug-likeness (QED) is 0.197. The van der Waals surface area contributed by atoms with E-state index in [1.54, 1.807) is 0 Å². The topological polar surface area (TPSA) is 65.0 Å². The Hall–Kier alpha value is -6.59. The number of fused-ring (bicyclic) bond motifs is 7. The molecule has 0 aliphatic heterocycles. The van der Waals surface area contributed by atoms with E-state index >= 15 is 0 Å². The molecular formula is C43H25N3O2. The van der Waals surface area contributed by atoms with Crippen molar-refractivity contribution in [2.45, 2.75) is 0 Å². The number of rotatable bonds is 4. The van der Waals surface area contributed by atoms with Gasteiger partial charge in [-0.05, 0) is 64.4 Å². The summed E-state index contributed by atoms with van der Waals surface area (Å²) in [5, 5.41) is 6.51. The summed E-state index contributed by atoms with van der Waals surface area (Å²) in [6.45, 7) is 0. The van der Waals surface area contributed by atoms with Crippen LogP contribution in [0.3, 0.4) is 0 Å². The highest BCUT2D eigenvalue weighted by Gasteiger charge is 2.19. The van der Waals surface area contributed by atoms with Gasteiger partial charge in [-0.1, -0.05) is 109 Å². The first-order valence-corrected chi connectivity index (χ1v) is 15.9. The molecule has 10 aromatic rings. The molecule has 10 rings (SSSR count). The third kappa shape index (κ3) is 4.22. The summed E-state index contributed by atoms with van der Waals surface area (Å²) in [6, 6.07) is 51.7. The SMILES string of the molecule is c1ccc(-c2nc(-c3ccc4oc5cccc(-c6ccc7ccccc7c6)c5c4c3)nc(-c3cccc4oc5ccccc5c34)n2)cc1. The summed E-state index contributed by atoms with van der Waals surface area (Å²) < 4.78 is 12.6. The summed E-state index contributed by atoms with van der Waals surface area (Å²) in [7, 11) is 0. The van der Waals surface area contributed by atoms with E-state index < -0.39 is 0 Å². The van der Waals surface area contributed by atoms with E-state index in [9.17, 15) is 0 Å². The molecule has 0 atom stereocenters. The molecule has 0 aliphatic rings. The molecule has 0 spiro atoms. The Balaban J connectivity index is 1.20. The Bertz CT molecular complexity index is 2850. The molecule has 5 nitrogen and oxygen atoms in total. The molecule has 3 heterocycles. The zero-order chi connectivity index (χ0) is 31.6. The zero-order valence-electron chi connectivity index (χ0n) is 25.6. The van der Waals surface area contributed by atoms with Crippen LogP contribution >= 0.6 is 0 Å². The normalized spacial score (nSPS) is 11.8. The Morgan fingerprint density at radius 1 is 0.333 bits per heavy atom. The highest BCUT2D eigenvalue weighted by molar-refractivity contribution is 6.14. The second-order valence-electron chi connectivity index (χ2n) is 12.0. The van der Waals surface area contributed by atoms with Crippen molar-refractivity contribution in [3.63, 3.8) is 0 Å². The lowest BCUT2D eigenvalue weighted by atomic mass is 9.96. The number of furan rings is 2. The van der Waals surface area contributed by atoms with Crippen LogP contribution in [0.25, 0.3) is 99.9 Å². The number of aromatic nitrogens is 3. The van der Waals surface area contributed by atoms with Crippen molar-refractivity contribution in [3.8, 4) is 45.3 Å². The van der Waals surface area contributed by atoms with Crippen molar-refractivity contribution in [1.82, 2.24) is 15.0 Å². The number of benzene rings is 7. The van der Waals surface area contributed by atoms with Crippen LogP contribution in [0, 0.1) is 0 Å². The lowest BCUT2D eigenvalue weighted by Crippen LogP contribution is -2.00. The van der Waals surface area contributed by atoms with Crippen LogP contribution in [-0.4, -0.2) is 15.0 Å². The van der Waals surface area contributed by atoms with E-state index in [-0.39, 0.29) is 0 Å². The lowest BCUT2D eigenvalue weighted by Gasteiger charge is -2.09. The van der Waals surface area contributed by atoms with Crippen molar-refractivity contribution in [2.75, 3.05) is 0 Å². The molecule has 3 aromatic heterocycles. The van der Waals surface area contributed by atoms with Crippen LogP contribution in [0.1, 0.15) is 0 Å². The smallest absolute Gasteiger partial charge is 0.164 e. The first-order chi connectivity index (χ1) is 23.8. The maximum Gasteiger partial charge on any atom is 0.164 e. The van der Waals surface area contributed by atoms with Gasteiger partial charge in [-0.3, -0.25) is 0 Å². The van der Waals surface area contributed by atoms with Gasteiger partial charge in [0.15, 0.2) is 17.5 Å². The van der Waals surface area contributed by atoms with Gasteiger partial charge in [-0.2, -0.15) is 0 Å². The Labute approximate surface area is 274 Å². The van der Waals surface area contributed by atoms with Crippen LogP contribution in [0.5, 0.6) is 0 Å². The fourth-order valence-corrected chi connectivity index (χ4v) is 6.87. The zero-order valence-corrected chi connectivity index (χ0v) is 25.6. The largest absolute Gasteiger partial charge is 0.456 e. The van der Waals surface area contributed by atoms with Gasteiger partial charge in [0.2, 0.25) is 0 Å². The highest BCUT2D eigenvalue weighted by atomic mass is 16.3. The predicted molar refractivity (Wildman–Crippen MR) is 194 cm³/mol. The van der Waals surface area contributed by atoms with Gasteiger partial charge >= 0.3 is 0 Å². The minimum atomic E-state index is 0.586. The minimum absolute atomic E-state index is 0.586. The maximum absolute atomic E-state index is 6.40. The molecule has 7 aromatic carbocycles. The summed E-state index contributed by atoms with van der Waals surface area (Å²) in [4.78, 5) is 15.2. The van der Waals surface area contributed by atoms with E-state index in [2.05, 4.69) is 72.8 Å². The first kappa shape index (κ1) is 26.6. The van der Waals surface area contributed by atoms with Crippen molar-refractivity contribution in [1.29, 1.82) is 0 Å². The van der Waals surface area contributed by atoms with Crippen molar-refractivity contribution in [3.05, 3.63) is 152 Å². The Morgan fingerprint density at radius 3 is 1.77 bits per heavy atom. The molecule has 0 bridgehead atoms. The van der Waals surface area contributed by atoms with Crippen LogP contribution in [0.4, 0.5) is 0 Å². The predicted octanol–water partition coefficient (Wildman–Crippen LogP) is 11.5. The molecule has 0 N–H and O–H groups in total. The maximum atomic E-state index is 6.40. The second kappa shape index (κ2) is 10.5. The van der Waals surface area contributed by atoms with E-state index in [0.29, 0.717) is 17.5 Å². The molecule has 0 fully saturated rings. The van der Waals surface area contributed by atoms with Gasteiger partial charge in [0.05, 0.1) is 0 Å². The fraction of sp³-hybridized carbons (Fsp3) is 0. The average Bonchev–Trinajstić information content (AvgIpc) is 3.73. The molecule has 0 saturated carbocycles. The summed E-state index contributed by atoms with van der Waals surface area (Å²) in [5.41, 5.74) is 8.23. The van der Waals surface area contributed by atoms with Crippen LogP contribution in [0.2, 0.25) is 0 Å². The van der Waals surface area contributed by atoms with Crippen LogP contribution in [0.15, 0.2) is 160 Å². The molecule has 0 unspecified atom stereocenters. The first-order valence-electron chi connectivity index (χ1n) is 15.9. The third-order valence-corrected chi connectivity index (χ3v) is 9.12. The third-order valence-electron chi connectivity index (χ3n) is 9.12. The lowest BCUT2D eigenvalue weighted by molar-refractivity contribution is 0.668. The van der Waals surface area contributed by atoms with E-state index in [0.717, 1.165) is 71.7 Å². The molecule has 224 valence electrons. The van der Waals surface area contributed by atoms with Crippen molar-refractivity contribution < 1.29 is 8.83 Å². The van der Waals surface area contributed by atoms with Gasteiger partial charge in [-0.25, -0.2) is 15.0 Å². The Morgan fingerprint density at radius 2 is 0.938 bits per heavy atom. The highest BCUT2D eigenvalue weighted by Crippen LogP contribution is 2.40. The molecule has 0 saturated heterocycles. The van der Waals surface area contributed by atoms with Crippen LogP contribution in [-0.2, 0) is 0 Å². The van der Waals surface area contributed by atoms with Gasteiger partial charge in [0, 0.05) is 38.2 Å². The average molecular weight is 616 g/mol. The minimum Gasteiger partial charge on any atom is -0.456 e. The summed E-state index contributed by atoms with van der Waals surface area (Å²) in [6.07, 6.45) is 0.